The molecule has 1 fully saturated rings. The molecule has 31 heavy (non-hydrogen) atoms. The molecule has 0 unspecified atom stereocenters. The summed E-state index contributed by atoms with van der Waals surface area (Å²) in [7, 11) is -0.524. The number of nitrogens with zero attached hydrogens (tertiary/aromatic N) is 3. The van der Waals surface area contributed by atoms with Crippen molar-refractivity contribution in [1.29, 1.82) is 0 Å². The van der Waals surface area contributed by atoms with Gasteiger partial charge in [0, 0.05) is 25.8 Å². The summed E-state index contributed by atoms with van der Waals surface area (Å²) >= 11 is 0. The Morgan fingerprint density at radius 3 is 1.90 bits per heavy atom. The third kappa shape index (κ3) is 5.26. The zero-order chi connectivity index (χ0) is 21.8. The Labute approximate surface area is 183 Å². The Hall–Kier alpha value is -2.84. The monoisotopic (exact) mass is 441 g/mol. The van der Waals surface area contributed by atoms with Crippen molar-refractivity contribution in [1.82, 2.24) is 14.1 Å². The number of rotatable bonds is 10. The number of benzene rings is 2. The summed E-state index contributed by atoms with van der Waals surface area (Å²) in [4.78, 5) is 0.218. The Bertz CT molecular complexity index is 1050. The Morgan fingerprint density at radius 1 is 0.935 bits per heavy atom. The quantitative estimate of drug-likeness (QED) is 0.480. The lowest BCUT2D eigenvalue weighted by Crippen LogP contribution is -2.30. The van der Waals surface area contributed by atoms with E-state index in [2.05, 4.69) is 5.10 Å². The van der Waals surface area contributed by atoms with Crippen molar-refractivity contribution in [3.63, 3.8) is 0 Å². The van der Waals surface area contributed by atoms with Gasteiger partial charge in [-0.2, -0.15) is 9.40 Å². The fraction of sp³-hybridized carbons (Fsp3) is 0.348. The molecule has 0 spiro atoms. The summed E-state index contributed by atoms with van der Waals surface area (Å²) in [6, 6.07) is 14.9. The lowest BCUT2D eigenvalue weighted by molar-refractivity contribution is 0.397. The molecule has 0 aliphatic heterocycles. The van der Waals surface area contributed by atoms with Crippen LogP contribution in [0.2, 0.25) is 0 Å². The van der Waals surface area contributed by atoms with E-state index in [1.807, 2.05) is 48.5 Å². The molecule has 2 aromatic carbocycles. The molecule has 0 atom stereocenters. The van der Waals surface area contributed by atoms with Crippen molar-refractivity contribution in [2.45, 2.75) is 37.4 Å². The molecule has 4 rings (SSSR count). The number of ether oxygens (including phenoxy) is 2. The van der Waals surface area contributed by atoms with Crippen LogP contribution in [0.15, 0.2) is 65.8 Å². The van der Waals surface area contributed by atoms with E-state index in [9.17, 15) is 8.42 Å². The summed E-state index contributed by atoms with van der Waals surface area (Å²) < 4.78 is 40.7. The van der Waals surface area contributed by atoms with Crippen LogP contribution in [-0.4, -0.2) is 36.7 Å². The topological polar surface area (TPSA) is 73.7 Å². The highest BCUT2D eigenvalue weighted by Crippen LogP contribution is 2.31. The predicted molar refractivity (Wildman–Crippen MR) is 117 cm³/mol. The third-order valence-corrected chi connectivity index (χ3v) is 7.17. The van der Waals surface area contributed by atoms with E-state index in [4.69, 9.17) is 9.47 Å². The minimum atomic E-state index is -3.74. The van der Waals surface area contributed by atoms with Gasteiger partial charge in [0.15, 0.2) is 0 Å². The first kappa shape index (κ1) is 21.4. The van der Waals surface area contributed by atoms with Gasteiger partial charge in [0.05, 0.1) is 20.4 Å². The van der Waals surface area contributed by atoms with Gasteiger partial charge in [-0.25, -0.2) is 8.42 Å². The Kier molecular flexibility index (Phi) is 6.29. The van der Waals surface area contributed by atoms with Gasteiger partial charge in [-0.3, -0.25) is 4.68 Å². The maximum Gasteiger partial charge on any atom is 0.246 e. The zero-order valence-electron chi connectivity index (χ0n) is 17.8. The van der Waals surface area contributed by atoms with Crippen molar-refractivity contribution >= 4 is 10.0 Å². The average Bonchev–Trinajstić information content (AvgIpc) is 3.47. The number of aromatic nitrogens is 2. The van der Waals surface area contributed by atoms with E-state index < -0.39 is 10.0 Å². The molecule has 1 aromatic heterocycles. The second kappa shape index (κ2) is 9.11. The van der Waals surface area contributed by atoms with Gasteiger partial charge >= 0.3 is 0 Å². The van der Waals surface area contributed by atoms with Gasteiger partial charge in [-0.15, -0.1) is 0 Å². The molecular formula is C23H27N3O4S. The van der Waals surface area contributed by atoms with Crippen LogP contribution in [0.4, 0.5) is 0 Å². The average molecular weight is 442 g/mol. The first-order valence-corrected chi connectivity index (χ1v) is 11.7. The molecule has 8 heteroatoms. The highest BCUT2D eigenvalue weighted by Gasteiger charge is 2.28. The van der Waals surface area contributed by atoms with Gasteiger partial charge in [0.2, 0.25) is 10.0 Å². The molecule has 1 aliphatic rings. The number of hydrogen-bond donors (Lipinski definition) is 0. The minimum absolute atomic E-state index is 0.218. The first-order chi connectivity index (χ1) is 15.0. The highest BCUT2D eigenvalue weighted by molar-refractivity contribution is 7.89. The molecule has 0 bridgehead atoms. The van der Waals surface area contributed by atoms with Gasteiger partial charge in [-0.1, -0.05) is 24.3 Å². The van der Waals surface area contributed by atoms with Crippen LogP contribution in [0.5, 0.6) is 11.5 Å². The van der Waals surface area contributed by atoms with E-state index in [1.54, 1.807) is 25.1 Å². The largest absolute Gasteiger partial charge is 0.497 e. The van der Waals surface area contributed by atoms with E-state index in [0.29, 0.717) is 5.92 Å². The van der Waals surface area contributed by atoms with Crippen LogP contribution in [0.25, 0.3) is 0 Å². The SMILES string of the molecule is COc1ccc(CN(Cc2ccc(OC)cc2)S(=O)(=O)c2cnn(CC3CC3)c2)cc1. The van der Waals surface area contributed by atoms with E-state index in [1.165, 1.54) is 23.3 Å². The Balaban J connectivity index is 1.60. The molecule has 0 saturated heterocycles. The molecule has 1 heterocycles. The molecule has 0 radical (unpaired) electrons. The van der Waals surface area contributed by atoms with Crippen LogP contribution in [0, 0.1) is 5.92 Å². The molecule has 0 amide bonds. The van der Waals surface area contributed by atoms with Crippen LogP contribution < -0.4 is 9.47 Å². The summed E-state index contributed by atoms with van der Waals surface area (Å²) in [5.74, 6) is 2.08. The summed E-state index contributed by atoms with van der Waals surface area (Å²) in [6.45, 7) is 1.25. The van der Waals surface area contributed by atoms with Gasteiger partial charge in [0.25, 0.3) is 0 Å². The van der Waals surface area contributed by atoms with E-state index in [-0.39, 0.29) is 18.0 Å². The van der Waals surface area contributed by atoms with Crippen LogP contribution in [-0.2, 0) is 29.7 Å². The van der Waals surface area contributed by atoms with Crippen LogP contribution in [0.3, 0.4) is 0 Å². The molecule has 7 nitrogen and oxygen atoms in total. The number of hydrogen-bond acceptors (Lipinski definition) is 5. The van der Waals surface area contributed by atoms with Crippen molar-refractivity contribution < 1.29 is 17.9 Å². The first-order valence-electron chi connectivity index (χ1n) is 10.3. The van der Waals surface area contributed by atoms with Crippen molar-refractivity contribution in [3.8, 4) is 11.5 Å². The summed E-state index contributed by atoms with van der Waals surface area (Å²) in [6.07, 6.45) is 5.46. The molecular weight excluding hydrogens is 414 g/mol. The molecule has 0 N–H and O–H groups in total. The van der Waals surface area contributed by atoms with E-state index in [0.717, 1.165) is 29.2 Å². The lowest BCUT2D eigenvalue weighted by Gasteiger charge is -2.22. The lowest BCUT2D eigenvalue weighted by atomic mass is 10.2. The maximum atomic E-state index is 13.5. The summed E-state index contributed by atoms with van der Waals surface area (Å²) in [5, 5.41) is 4.28. The fourth-order valence-corrected chi connectivity index (χ4v) is 4.76. The molecule has 1 aliphatic carbocycles. The standard InChI is InChI=1S/C23H27N3O4S/c1-29-21-9-5-19(6-10-21)15-26(16-20-7-11-22(30-2)12-8-20)31(27,28)23-13-24-25(17-23)14-18-3-4-18/h5-13,17-18H,3-4,14-16H2,1-2H3. The minimum Gasteiger partial charge on any atom is -0.497 e. The van der Waals surface area contributed by atoms with Crippen molar-refractivity contribution in [3.05, 3.63) is 72.1 Å². The van der Waals surface area contributed by atoms with Gasteiger partial charge in [0.1, 0.15) is 16.4 Å². The normalized spacial score (nSPS) is 14.0. The molecule has 1 saturated carbocycles. The molecule has 164 valence electrons. The van der Waals surface area contributed by atoms with Gasteiger partial charge in [-0.05, 0) is 54.2 Å². The zero-order valence-corrected chi connectivity index (χ0v) is 18.6. The predicted octanol–water partition coefficient (Wildman–Crippen LogP) is 3.70. The second-order valence-electron chi connectivity index (χ2n) is 7.81. The van der Waals surface area contributed by atoms with E-state index >= 15 is 0 Å². The van der Waals surface area contributed by atoms with Gasteiger partial charge < -0.3 is 9.47 Å². The second-order valence-corrected chi connectivity index (χ2v) is 9.75. The van der Waals surface area contributed by atoms with Crippen LogP contribution in [0.1, 0.15) is 24.0 Å². The summed E-state index contributed by atoms with van der Waals surface area (Å²) in [5.41, 5.74) is 1.76. The highest BCUT2D eigenvalue weighted by atomic mass is 32.2. The van der Waals surface area contributed by atoms with Crippen molar-refractivity contribution in [2.24, 2.45) is 5.92 Å². The third-order valence-electron chi connectivity index (χ3n) is 5.43. The van der Waals surface area contributed by atoms with Crippen LogP contribution >= 0.6 is 0 Å². The maximum absolute atomic E-state index is 13.5. The fourth-order valence-electron chi connectivity index (χ4n) is 3.39. The number of methoxy groups -OCH3 is 2. The van der Waals surface area contributed by atoms with Crippen molar-refractivity contribution in [2.75, 3.05) is 14.2 Å². The molecule has 3 aromatic rings. The smallest absolute Gasteiger partial charge is 0.246 e. The Morgan fingerprint density at radius 2 is 1.45 bits per heavy atom. The number of sulfonamides is 1.